The summed E-state index contributed by atoms with van der Waals surface area (Å²) in [6.07, 6.45) is 0. The maximum atomic E-state index is 12.1. The maximum absolute atomic E-state index is 12.1. The molecular formula is C14H17NO2S2. The Labute approximate surface area is 118 Å². The molecule has 1 heterocycles. The third-order valence-electron chi connectivity index (χ3n) is 2.93. The predicted octanol–water partition coefficient (Wildman–Crippen LogP) is 3.14. The normalized spacial score (nSPS) is 13.4. The summed E-state index contributed by atoms with van der Waals surface area (Å²) in [5.41, 5.74) is 1.13. The van der Waals surface area contributed by atoms with Crippen molar-refractivity contribution < 1.29 is 8.42 Å². The van der Waals surface area contributed by atoms with E-state index in [-0.39, 0.29) is 5.92 Å². The van der Waals surface area contributed by atoms with Crippen LogP contribution in [0, 0.1) is 6.92 Å². The number of rotatable bonds is 5. The molecule has 1 unspecified atom stereocenters. The minimum atomic E-state index is -3.37. The molecule has 19 heavy (non-hydrogen) atoms. The van der Waals surface area contributed by atoms with E-state index in [1.807, 2.05) is 50.2 Å². The zero-order valence-electron chi connectivity index (χ0n) is 11.0. The molecule has 1 aromatic heterocycles. The van der Waals surface area contributed by atoms with E-state index in [1.165, 1.54) is 11.3 Å². The molecule has 0 saturated carbocycles. The largest absolute Gasteiger partial charge is 0.250 e. The Morgan fingerprint density at radius 1 is 1.16 bits per heavy atom. The van der Waals surface area contributed by atoms with Crippen LogP contribution in [0.1, 0.15) is 23.3 Å². The van der Waals surface area contributed by atoms with Crippen molar-refractivity contribution in [2.45, 2.75) is 24.0 Å². The quantitative estimate of drug-likeness (QED) is 0.921. The van der Waals surface area contributed by atoms with Crippen LogP contribution in [0.5, 0.6) is 0 Å². The first kappa shape index (κ1) is 14.2. The fourth-order valence-electron chi connectivity index (χ4n) is 1.76. The molecular weight excluding hydrogens is 278 g/mol. The number of hydrogen-bond acceptors (Lipinski definition) is 3. The molecule has 0 aliphatic heterocycles. The van der Waals surface area contributed by atoms with E-state index in [2.05, 4.69) is 4.72 Å². The second kappa shape index (κ2) is 5.86. The van der Waals surface area contributed by atoms with Gasteiger partial charge in [0, 0.05) is 11.4 Å². The topological polar surface area (TPSA) is 46.2 Å². The van der Waals surface area contributed by atoms with Crippen molar-refractivity contribution in [2.24, 2.45) is 0 Å². The summed E-state index contributed by atoms with van der Waals surface area (Å²) >= 11 is 1.29. The number of hydrogen-bond donors (Lipinski definition) is 1. The van der Waals surface area contributed by atoms with Crippen molar-refractivity contribution in [2.75, 3.05) is 6.54 Å². The second-order valence-electron chi connectivity index (χ2n) is 4.53. The van der Waals surface area contributed by atoms with Crippen LogP contribution in [0.2, 0.25) is 0 Å². The Morgan fingerprint density at radius 3 is 2.42 bits per heavy atom. The van der Waals surface area contributed by atoms with Gasteiger partial charge >= 0.3 is 0 Å². The number of benzene rings is 1. The van der Waals surface area contributed by atoms with Crippen molar-refractivity contribution in [1.82, 2.24) is 4.72 Å². The summed E-state index contributed by atoms with van der Waals surface area (Å²) in [5, 5.41) is 0. The van der Waals surface area contributed by atoms with Gasteiger partial charge < -0.3 is 0 Å². The third-order valence-corrected chi connectivity index (χ3v) is 5.84. The zero-order valence-corrected chi connectivity index (χ0v) is 12.6. The Bertz CT molecular complexity index is 632. The van der Waals surface area contributed by atoms with Gasteiger partial charge in [0.15, 0.2) is 0 Å². The van der Waals surface area contributed by atoms with Crippen LogP contribution in [-0.2, 0) is 10.0 Å². The molecule has 1 aromatic carbocycles. The maximum Gasteiger partial charge on any atom is 0.250 e. The number of aryl methyl sites for hydroxylation is 1. The van der Waals surface area contributed by atoms with Crippen LogP contribution in [0.4, 0.5) is 0 Å². The highest BCUT2D eigenvalue weighted by Crippen LogP contribution is 2.21. The van der Waals surface area contributed by atoms with Crippen LogP contribution in [-0.4, -0.2) is 15.0 Å². The molecule has 1 N–H and O–H groups in total. The first-order chi connectivity index (χ1) is 8.99. The van der Waals surface area contributed by atoms with E-state index in [0.717, 1.165) is 10.4 Å². The fraction of sp³-hybridized carbons (Fsp3) is 0.286. The molecule has 0 saturated heterocycles. The molecule has 0 fully saturated rings. The minimum Gasteiger partial charge on any atom is -0.210 e. The predicted molar refractivity (Wildman–Crippen MR) is 79.1 cm³/mol. The molecule has 0 radical (unpaired) electrons. The monoisotopic (exact) mass is 295 g/mol. The molecule has 0 amide bonds. The van der Waals surface area contributed by atoms with Gasteiger partial charge in [0.25, 0.3) is 0 Å². The van der Waals surface area contributed by atoms with Crippen LogP contribution in [0.15, 0.2) is 46.7 Å². The first-order valence-corrected chi connectivity index (χ1v) is 8.40. The molecule has 0 aliphatic carbocycles. The van der Waals surface area contributed by atoms with Gasteiger partial charge in [-0.05, 0) is 30.5 Å². The molecule has 2 rings (SSSR count). The first-order valence-electron chi connectivity index (χ1n) is 6.10. The van der Waals surface area contributed by atoms with E-state index >= 15 is 0 Å². The van der Waals surface area contributed by atoms with Crippen LogP contribution in [0.25, 0.3) is 0 Å². The van der Waals surface area contributed by atoms with Gasteiger partial charge in [-0.15, -0.1) is 11.3 Å². The summed E-state index contributed by atoms with van der Waals surface area (Å²) in [5.74, 6) is 0.150. The number of nitrogens with one attached hydrogen (secondary N) is 1. The van der Waals surface area contributed by atoms with Gasteiger partial charge in [0.1, 0.15) is 4.21 Å². The summed E-state index contributed by atoms with van der Waals surface area (Å²) in [6, 6.07) is 13.4. The van der Waals surface area contributed by atoms with E-state index in [4.69, 9.17) is 0 Å². The Morgan fingerprint density at radius 2 is 1.84 bits per heavy atom. The molecule has 102 valence electrons. The highest BCUT2D eigenvalue weighted by atomic mass is 32.2. The summed E-state index contributed by atoms with van der Waals surface area (Å²) < 4.78 is 27.2. The van der Waals surface area contributed by atoms with Crippen molar-refractivity contribution in [3.8, 4) is 0 Å². The van der Waals surface area contributed by atoms with Crippen molar-refractivity contribution >= 4 is 21.4 Å². The lowest BCUT2D eigenvalue weighted by molar-refractivity contribution is 0.577. The molecule has 2 aromatic rings. The Hall–Kier alpha value is -1.17. The lowest BCUT2D eigenvalue weighted by Crippen LogP contribution is -2.27. The average Bonchev–Trinajstić information content (AvgIpc) is 2.85. The number of sulfonamides is 1. The summed E-state index contributed by atoms with van der Waals surface area (Å²) in [7, 11) is -3.37. The lowest BCUT2D eigenvalue weighted by atomic mass is 10.0. The standard InChI is InChI=1S/C14H17NO2S2/c1-11(13-6-4-3-5-7-13)10-15-19(16,17)14-9-8-12(2)18-14/h3-9,11,15H,10H2,1-2H3. The van der Waals surface area contributed by atoms with Gasteiger partial charge in [-0.2, -0.15) is 0 Å². The molecule has 1 atom stereocenters. The van der Waals surface area contributed by atoms with E-state index in [1.54, 1.807) is 6.07 Å². The Kier molecular flexibility index (Phi) is 4.39. The number of thiophene rings is 1. The summed E-state index contributed by atoms with van der Waals surface area (Å²) in [6.45, 7) is 4.32. The zero-order chi connectivity index (χ0) is 13.9. The molecule has 0 aliphatic rings. The fourth-order valence-corrected chi connectivity index (χ4v) is 4.22. The van der Waals surface area contributed by atoms with Gasteiger partial charge in [-0.25, -0.2) is 13.1 Å². The second-order valence-corrected chi connectivity index (χ2v) is 7.81. The highest BCUT2D eigenvalue weighted by Gasteiger charge is 2.17. The lowest BCUT2D eigenvalue weighted by Gasteiger charge is -2.12. The van der Waals surface area contributed by atoms with Gasteiger partial charge in [-0.1, -0.05) is 37.3 Å². The van der Waals surface area contributed by atoms with Crippen molar-refractivity contribution in [3.63, 3.8) is 0 Å². The van der Waals surface area contributed by atoms with Gasteiger partial charge in [0.05, 0.1) is 0 Å². The van der Waals surface area contributed by atoms with E-state index < -0.39 is 10.0 Å². The Balaban J connectivity index is 2.03. The van der Waals surface area contributed by atoms with Crippen molar-refractivity contribution in [1.29, 1.82) is 0 Å². The molecule has 0 spiro atoms. The average molecular weight is 295 g/mol. The SMILES string of the molecule is Cc1ccc(S(=O)(=O)NCC(C)c2ccccc2)s1. The molecule has 5 heteroatoms. The molecule has 3 nitrogen and oxygen atoms in total. The van der Waals surface area contributed by atoms with Gasteiger partial charge in [-0.3, -0.25) is 0 Å². The smallest absolute Gasteiger partial charge is 0.210 e. The van der Waals surface area contributed by atoms with E-state index in [9.17, 15) is 8.42 Å². The third kappa shape index (κ3) is 3.65. The van der Waals surface area contributed by atoms with E-state index in [0.29, 0.717) is 10.8 Å². The van der Waals surface area contributed by atoms with Crippen molar-refractivity contribution in [3.05, 3.63) is 52.9 Å². The van der Waals surface area contributed by atoms with Crippen LogP contribution in [0.3, 0.4) is 0 Å². The van der Waals surface area contributed by atoms with Crippen LogP contribution < -0.4 is 4.72 Å². The molecule has 0 bridgehead atoms. The van der Waals surface area contributed by atoms with Crippen LogP contribution >= 0.6 is 11.3 Å². The minimum absolute atomic E-state index is 0.150. The summed E-state index contributed by atoms with van der Waals surface area (Å²) in [4.78, 5) is 0.997. The highest BCUT2D eigenvalue weighted by molar-refractivity contribution is 7.91. The van der Waals surface area contributed by atoms with Gasteiger partial charge in [0.2, 0.25) is 10.0 Å².